The second kappa shape index (κ2) is 8.20. The first-order valence-electron chi connectivity index (χ1n) is 12.0. The van der Waals surface area contributed by atoms with E-state index in [9.17, 15) is 9.90 Å². The van der Waals surface area contributed by atoms with Crippen molar-refractivity contribution in [1.82, 2.24) is 19.9 Å². The molecular weight excluding hydrogens is 433 g/mol. The Morgan fingerprint density at radius 3 is 2.62 bits per heavy atom. The largest absolute Gasteiger partial charge is 0.507 e. The molecule has 4 atom stereocenters. The van der Waals surface area contributed by atoms with Gasteiger partial charge in [0.25, 0.3) is 5.56 Å². The minimum Gasteiger partial charge on any atom is -0.507 e. The maximum Gasteiger partial charge on any atom is 0.250 e. The number of halogens is 1. The highest BCUT2D eigenvalue weighted by Crippen LogP contribution is 2.40. The number of piperidine rings is 1. The van der Waals surface area contributed by atoms with Crippen molar-refractivity contribution in [2.24, 2.45) is 7.05 Å². The monoisotopic (exact) mass is 461 g/mol. The number of nitrogens with zero attached hydrogens (tertiary/aromatic N) is 4. The molecule has 3 aromatic rings. The number of aromatic nitrogens is 3. The number of benzene rings is 1. The van der Waals surface area contributed by atoms with Crippen LogP contribution in [0.25, 0.3) is 22.4 Å². The number of hydrogen-bond acceptors (Lipinski definition) is 6. The third kappa shape index (κ3) is 3.76. The average molecular weight is 462 g/mol. The number of aryl methyl sites for hydroxylation is 1. The second-order valence-electron chi connectivity index (χ2n) is 9.79. The molecule has 7 nitrogen and oxygen atoms in total. The van der Waals surface area contributed by atoms with Crippen molar-refractivity contribution in [2.45, 2.75) is 62.4 Å². The molecule has 3 aliphatic rings. The Morgan fingerprint density at radius 1 is 1.09 bits per heavy atom. The van der Waals surface area contributed by atoms with Gasteiger partial charge in [-0.15, -0.1) is 0 Å². The van der Waals surface area contributed by atoms with Crippen molar-refractivity contribution in [3.05, 3.63) is 59.3 Å². The maximum absolute atomic E-state index is 15.3. The van der Waals surface area contributed by atoms with Crippen molar-refractivity contribution in [3.8, 4) is 28.1 Å². The van der Waals surface area contributed by atoms with Crippen molar-refractivity contribution in [1.29, 1.82) is 0 Å². The van der Waals surface area contributed by atoms with Crippen LogP contribution in [0.1, 0.15) is 32.1 Å². The molecule has 176 valence electrons. The quantitative estimate of drug-likeness (QED) is 0.606. The van der Waals surface area contributed by atoms with Crippen LogP contribution in [0.3, 0.4) is 0 Å². The van der Waals surface area contributed by atoms with Gasteiger partial charge in [0, 0.05) is 43.0 Å². The Labute approximate surface area is 197 Å². The summed E-state index contributed by atoms with van der Waals surface area (Å²) in [7, 11) is 1.70. The van der Waals surface area contributed by atoms with Gasteiger partial charge in [-0.3, -0.25) is 9.78 Å². The van der Waals surface area contributed by atoms with Gasteiger partial charge in [0.15, 0.2) is 0 Å². The molecule has 1 aromatic carbocycles. The van der Waals surface area contributed by atoms with Crippen LogP contribution in [0.15, 0.2) is 53.7 Å². The summed E-state index contributed by atoms with van der Waals surface area (Å²) in [5.41, 5.74) is 2.49. The van der Waals surface area contributed by atoms with E-state index >= 15 is 4.39 Å². The Bertz CT molecular complexity index is 1270. The fraction of sp³-hybridized carbons (Fsp3) is 0.423. The molecule has 34 heavy (non-hydrogen) atoms. The molecule has 2 bridgehead atoms. The average Bonchev–Trinajstić information content (AvgIpc) is 3.59. The Kier molecular flexibility index (Phi) is 5.13. The van der Waals surface area contributed by atoms with Crippen LogP contribution in [-0.4, -0.2) is 50.0 Å². The minimum absolute atomic E-state index is 0.0579. The molecule has 3 fully saturated rings. The van der Waals surface area contributed by atoms with Crippen LogP contribution in [0.2, 0.25) is 0 Å². The van der Waals surface area contributed by atoms with E-state index in [0.29, 0.717) is 29.2 Å². The van der Waals surface area contributed by atoms with Crippen LogP contribution in [-0.2, 0) is 7.05 Å². The Balaban J connectivity index is 1.26. The molecule has 2 aromatic heterocycles. The number of hydrogen-bond donors (Lipinski definition) is 2. The van der Waals surface area contributed by atoms with E-state index in [0.717, 1.165) is 43.2 Å². The van der Waals surface area contributed by atoms with E-state index in [2.05, 4.69) is 20.2 Å². The number of alkyl halides is 1. The summed E-state index contributed by atoms with van der Waals surface area (Å²) in [6, 6.07) is 9.14. The van der Waals surface area contributed by atoms with E-state index in [1.807, 2.05) is 12.1 Å². The number of pyridine rings is 1. The number of nitrogens with one attached hydrogen (secondary N) is 1. The summed E-state index contributed by atoms with van der Waals surface area (Å²) in [6.07, 6.45) is 9.00. The van der Waals surface area contributed by atoms with Gasteiger partial charge in [-0.25, -0.2) is 9.37 Å². The smallest absolute Gasteiger partial charge is 0.250 e. The van der Waals surface area contributed by atoms with Gasteiger partial charge in [0.05, 0.1) is 24.1 Å². The highest BCUT2D eigenvalue weighted by molar-refractivity contribution is 5.74. The van der Waals surface area contributed by atoms with Crippen LogP contribution in [0, 0.1) is 0 Å². The summed E-state index contributed by atoms with van der Waals surface area (Å²) in [5, 5.41) is 14.1. The summed E-state index contributed by atoms with van der Waals surface area (Å²) < 4.78 is 16.8. The van der Waals surface area contributed by atoms with E-state index in [-0.39, 0.29) is 23.4 Å². The van der Waals surface area contributed by atoms with Crippen molar-refractivity contribution >= 4 is 5.82 Å². The predicted molar refractivity (Wildman–Crippen MR) is 129 cm³/mol. The fourth-order valence-corrected chi connectivity index (χ4v) is 5.47. The summed E-state index contributed by atoms with van der Waals surface area (Å²) in [5.74, 6) is 0.773. The molecular formula is C26H28FN5O2. The molecule has 0 spiro atoms. The number of phenols is 1. The lowest BCUT2D eigenvalue weighted by atomic mass is 9.96. The minimum atomic E-state index is -0.910. The third-order valence-corrected chi connectivity index (χ3v) is 7.47. The zero-order valence-corrected chi connectivity index (χ0v) is 19.1. The lowest BCUT2D eigenvalue weighted by molar-refractivity contribution is 0.171. The molecule has 2 unspecified atom stereocenters. The zero-order valence-electron chi connectivity index (χ0n) is 19.1. The van der Waals surface area contributed by atoms with Crippen molar-refractivity contribution in [3.63, 3.8) is 0 Å². The summed E-state index contributed by atoms with van der Waals surface area (Å²) >= 11 is 0. The van der Waals surface area contributed by atoms with E-state index < -0.39 is 6.17 Å². The van der Waals surface area contributed by atoms with Crippen molar-refractivity contribution < 1.29 is 9.50 Å². The van der Waals surface area contributed by atoms with E-state index in [1.54, 1.807) is 43.8 Å². The van der Waals surface area contributed by atoms with Gasteiger partial charge in [-0.1, -0.05) is 6.07 Å². The van der Waals surface area contributed by atoms with Crippen LogP contribution in [0.4, 0.5) is 10.2 Å². The molecule has 0 radical (unpaired) electrons. The number of rotatable bonds is 5. The van der Waals surface area contributed by atoms with Gasteiger partial charge in [0.1, 0.15) is 17.7 Å². The maximum atomic E-state index is 15.3. The van der Waals surface area contributed by atoms with Crippen molar-refractivity contribution in [2.75, 3.05) is 4.90 Å². The SMILES string of the molecule is Cn1ccc(-c2ccc(-c3cnc(N(C4CC4)[C@@H]4CC5CCC(N5)[C@@H]4F)cn3)c(O)c2)cc1=O. The third-order valence-electron chi connectivity index (χ3n) is 7.47. The second-order valence-corrected chi connectivity index (χ2v) is 9.79. The number of aromatic hydroxyl groups is 1. The Morgan fingerprint density at radius 2 is 1.91 bits per heavy atom. The van der Waals surface area contributed by atoms with Crippen LogP contribution < -0.4 is 15.8 Å². The molecule has 2 N–H and O–H groups in total. The number of anilines is 1. The fourth-order valence-electron chi connectivity index (χ4n) is 5.47. The Hall–Kier alpha value is -3.26. The van der Waals surface area contributed by atoms with Gasteiger partial charge >= 0.3 is 0 Å². The molecule has 4 heterocycles. The molecule has 2 saturated heterocycles. The van der Waals surface area contributed by atoms with E-state index in [1.165, 1.54) is 4.57 Å². The normalized spacial score (nSPS) is 25.9. The molecule has 8 heteroatoms. The lowest BCUT2D eigenvalue weighted by Crippen LogP contribution is -2.57. The summed E-state index contributed by atoms with van der Waals surface area (Å²) in [6.45, 7) is 0. The number of phenolic OH excluding ortho intramolecular Hbond substituents is 1. The standard InChI is InChI=1S/C26H28FN5O2/c1-31-9-8-16(11-25(31)34)15-2-6-19(23(33)10-15)21-13-29-24(14-28-21)32(18-4-5-18)22-12-17-3-7-20(30-17)26(22)27/h2,6,8-11,13-14,17-18,20,22,26,30,33H,3-5,7,12H2,1H3/t17?,20?,22-,26+/m1/s1. The zero-order chi connectivity index (χ0) is 23.4. The first-order valence-corrected chi connectivity index (χ1v) is 12.0. The molecule has 2 aliphatic heterocycles. The summed E-state index contributed by atoms with van der Waals surface area (Å²) in [4.78, 5) is 23.4. The van der Waals surface area contributed by atoms with Gasteiger partial charge in [-0.05, 0) is 61.4 Å². The van der Waals surface area contributed by atoms with Crippen LogP contribution >= 0.6 is 0 Å². The first-order chi connectivity index (χ1) is 16.5. The first kappa shape index (κ1) is 21.3. The highest BCUT2D eigenvalue weighted by atomic mass is 19.1. The van der Waals surface area contributed by atoms with E-state index in [4.69, 9.17) is 0 Å². The topological polar surface area (TPSA) is 83.3 Å². The van der Waals surface area contributed by atoms with Gasteiger partial charge in [-0.2, -0.15) is 0 Å². The number of fused-ring (bicyclic) bond motifs is 2. The van der Waals surface area contributed by atoms with Crippen LogP contribution in [0.5, 0.6) is 5.75 Å². The van der Waals surface area contributed by atoms with Gasteiger partial charge < -0.3 is 19.9 Å². The predicted octanol–water partition coefficient (Wildman–Crippen LogP) is 3.41. The van der Waals surface area contributed by atoms with Gasteiger partial charge in [0.2, 0.25) is 0 Å². The highest BCUT2D eigenvalue weighted by Gasteiger charge is 2.48. The molecule has 0 amide bonds. The molecule has 1 aliphatic carbocycles. The lowest BCUT2D eigenvalue weighted by Gasteiger charge is -2.41. The molecule has 1 saturated carbocycles. The molecule has 6 rings (SSSR count).